The van der Waals surface area contributed by atoms with Gasteiger partial charge in [0, 0.05) is 28.2 Å². The second kappa shape index (κ2) is 5.94. The van der Waals surface area contributed by atoms with Crippen molar-refractivity contribution in [3.05, 3.63) is 33.8 Å². The van der Waals surface area contributed by atoms with E-state index in [1.807, 2.05) is 4.90 Å². The lowest BCUT2D eigenvalue weighted by atomic mass is 9.99. The predicted molar refractivity (Wildman–Crippen MR) is 75.4 cm³/mol. The highest BCUT2D eigenvalue weighted by atomic mass is 35.5. The molecule has 0 N–H and O–H groups in total. The number of rotatable bonds is 2. The Morgan fingerprint density at radius 3 is 2.56 bits per heavy atom. The van der Waals surface area contributed by atoms with E-state index in [1.165, 1.54) is 6.42 Å². The minimum absolute atomic E-state index is 0.0472. The minimum Gasteiger partial charge on any atom is -0.336 e. The van der Waals surface area contributed by atoms with E-state index < -0.39 is 0 Å². The lowest BCUT2D eigenvalue weighted by Gasteiger charge is -2.35. The first-order valence-electron chi connectivity index (χ1n) is 6.39. The van der Waals surface area contributed by atoms with Gasteiger partial charge in [-0.3, -0.25) is 4.79 Å². The van der Waals surface area contributed by atoms with Crippen LogP contribution in [0, 0.1) is 0 Å². The number of hydrogen-bond donors (Lipinski definition) is 0. The fraction of sp³-hybridized carbons (Fsp3) is 0.500. The van der Waals surface area contributed by atoms with E-state index in [2.05, 4.69) is 6.92 Å². The molecule has 0 bridgehead atoms. The molecule has 1 unspecified atom stereocenters. The topological polar surface area (TPSA) is 20.3 Å². The molecule has 1 saturated heterocycles. The maximum Gasteiger partial charge on any atom is 0.254 e. The van der Waals surface area contributed by atoms with Crippen LogP contribution in [0.1, 0.15) is 43.0 Å². The summed E-state index contributed by atoms with van der Waals surface area (Å²) in [5.74, 6) is 0.0472. The van der Waals surface area contributed by atoms with Gasteiger partial charge in [0.1, 0.15) is 0 Å². The molecule has 98 valence electrons. The normalized spacial score (nSPS) is 19.9. The molecule has 4 heteroatoms. The van der Waals surface area contributed by atoms with Crippen molar-refractivity contribution in [1.82, 2.24) is 4.90 Å². The van der Waals surface area contributed by atoms with E-state index in [0.717, 1.165) is 25.8 Å². The number of benzene rings is 1. The van der Waals surface area contributed by atoms with Crippen LogP contribution in [0.15, 0.2) is 18.2 Å². The summed E-state index contributed by atoms with van der Waals surface area (Å²) >= 11 is 11.9. The molecular weight excluding hydrogens is 269 g/mol. The molecule has 2 rings (SSSR count). The van der Waals surface area contributed by atoms with Crippen molar-refractivity contribution in [2.45, 2.75) is 38.6 Å². The molecule has 1 atom stereocenters. The smallest absolute Gasteiger partial charge is 0.254 e. The number of carbonyl (C=O) groups is 1. The quantitative estimate of drug-likeness (QED) is 0.789. The molecule has 0 aliphatic carbocycles. The molecule has 1 aromatic rings. The monoisotopic (exact) mass is 285 g/mol. The molecule has 1 aliphatic heterocycles. The van der Waals surface area contributed by atoms with E-state index in [-0.39, 0.29) is 5.91 Å². The number of hydrogen-bond acceptors (Lipinski definition) is 1. The zero-order valence-electron chi connectivity index (χ0n) is 10.5. The second-order valence-electron chi connectivity index (χ2n) is 4.71. The van der Waals surface area contributed by atoms with Gasteiger partial charge in [-0.2, -0.15) is 0 Å². The molecular formula is C14H17Cl2NO. The summed E-state index contributed by atoms with van der Waals surface area (Å²) in [6, 6.07) is 5.38. The largest absolute Gasteiger partial charge is 0.336 e. The van der Waals surface area contributed by atoms with Gasteiger partial charge >= 0.3 is 0 Å². The number of piperidine rings is 1. The lowest BCUT2D eigenvalue weighted by Crippen LogP contribution is -2.43. The molecule has 0 aromatic heterocycles. The van der Waals surface area contributed by atoms with Crippen molar-refractivity contribution in [1.29, 1.82) is 0 Å². The second-order valence-corrected chi connectivity index (χ2v) is 5.59. The van der Waals surface area contributed by atoms with Crippen molar-refractivity contribution in [3.63, 3.8) is 0 Å². The average molecular weight is 286 g/mol. The Morgan fingerprint density at radius 1 is 1.28 bits per heavy atom. The summed E-state index contributed by atoms with van der Waals surface area (Å²) in [5.41, 5.74) is 0.591. The Morgan fingerprint density at radius 2 is 1.94 bits per heavy atom. The summed E-state index contributed by atoms with van der Waals surface area (Å²) in [5, 5.41) is 1.02. The zero-order valence-corrected chi connectivity index (χ0v) is 12.0. The summed E-state index contributed by atoms with van der Waals surface area (Å²) in [7, 11) is 0. The summed E-state index contributed by atoms with van der Waals surface area (Å²) in [4.78, 5) is 14.4. The van der Waals surface area contributed by atoms with Crippen molar-refractivity contribution in [3.8, 4) is 0 Å². The van der Waals surface area contributed by atoms with Crippen LogP contribution in [0.3, 0.4) is 0 Å². The molecule has 0 saturated carbocycles. The van der Waals surface area contributed by atoms with Gasteiger partial charge in [-0.25, -0.2) is 0 Å². The number of halogens is 2. The average Bonchev–Trinajstić information content (AvgIpc) is 2.36. The fourth-order valence-corrected chi connectivity index (χ4v) is 3.06. The van der Waals surface area contributed by atoms with Crippen molar-refractivity contribution in [2.75, 3.05) is 6.54 Å². The molecule has 0 spiro atoms. The lowest BCUT2D eigenvalue weighted by molar-refractivity contribution is 0.0608. The SMILES string of the molecule is CCC1CCCCN1C(=O)c1cc(Cl)cc(Cl)c1. The Hall–Kier alpha value is -0.730. The first-order valence-corrected chi connectivity index (χ1v) is 7.14. The third-order valence-corrected chi connectivity index (χ3v) is 3.91. The molecule has 18 heavy (non-hydrogen) atoms. The molecule has 1 aliphatic rings. The molecule has 1 fully saturated rings. The van der Waals surface area contributed by atoms with Crippen LogP contribution < -0.4 is 0 Å². The van der Waals surface area contributed by atoms with Gasteiger partial charge in [0.05, 0.1) is 0 Å². The number of likely N-dealkylation sites (tertiary alicyclic amines) is 1. The first kappa shape index (κ1) is 13.7. The van der Waals surface area contributed by atoms with Gasteiger partial charge in [-0.1, -0.05) is 30.1 Å². The molecule has 1 heterocycles. The Bertz CT molecular complexity index is 427. The molecule has 1 aromatic carbocycles. The fourth-order valence-electron chi connectivity index (χ4n) is 2.54. The minimum atomic E-state index is 0.0472. The summed E-state index contributed by atoms with van der Waals surface area (Å²) in [6.07, 6.45) is 4.38. The van der Waals surface area contributed by atoms with Gasteiger partial charge in [0.2, 0.25) is 0 Å². The van der Waals surface area contributed by atoms with E-state index in [9.17, 15) is 4.79 Å². The maximum atomic E-state index is 12.5. The van der Waals surface area contributed by atoms with Gasteiger partial charge in [-0.15, -0.1) is 0 Å². The predicted octanol–water partition coefficient (Wildman–Crippen LogP) is 4.40. The van der Waals surface area contributed by atoms with Gasteiger partial charge in [0.25, 0.3) is 5.91 Å². The van der Waals surface area contributed by atoms with Crippen LogP contribution in [0.4, 0.5) is 0 Å². The first-order chi connectivity index (χ1) is 8.61. The van der Waals surface area contributed by atoms with Crippen LogP contribution in [0.5, 0.6) is 0 Å². The standard InChI is InChI=1S/C14H17Cl2NO/c1-2-13-5-3-4-6-17(13)14(18)10-7-11(15)9-12(16)8-10/h7-9,13H,2-6H2,1H3. The Balaban J connectivity index is 2.23. The maximum absolute atomic E-state index is 12.5. The molecule has 1 amide bonds. The van der Waals surface area contributed by atoms with Crippen LogP contribution in [-0.2, 0) is 0 Å². The number of amides is 1. The third kappa shape index (κ3) is 2.99. The zero-order chi connectivity index (χ0) is 13.1. The van der Waals surface area contributed by atoms with Crippen LogP contribution in [-0.4, -0.2) is 23.4 Å². The van der Waals surface area contributed by atoms with Gasteiger partial charge in [0.15, 0.2) is 0 Å². The van der Waals surface area contributed by atoms with Gasteiger partial charge in [-0.05, 0) is 43.9 Å². The van der Waals surface area contributed by atoms with Crippen molar-refractivity contribution >= 4 is 29.1 Å². The summed E-state index contributed by atoms with van der Waals surface area (Å²) in [6.45, 7) is 2.96. The van der Waals surface area contributed by atoms with E-state index in [0.29, 0.717) is 21.7 Å². The van der Waals surface area contributed by atoms with Crippen molar-refractivity contribution in [2.24, 2.45) is 0 Å². The molecule has 0 radical (unpaired) electrons. The number of carbonyl (C=O) groups excluding carboxylic acids is 1. The Kier molecular flexibility index (Phi) is 4.52. The highest BCUT2D eigenvalue weighted by Crippen LogP contribution is 2.25. The highest BCUT2D eigenvalue weighted by Gasteiger charge is 2.26. The van der Waals surface area contributed by atoms with E-state index in [1.54, 1.807) is 18.2 Å². The highest BCUT2D eigenvalue weighted by molar-refractivity contribution is 6.35. The van der Waals surface area contributed by atoms with Crippen LogP contribution >= 0.6 is 23.2 Å². The third-order valence-electron chi connectivity index (χ3n) is 3.47. The van der Waals surface area contributed by atoms with E-state index >= 15 is 0 Å². The number of nitrogens with zero attached hydrogens (tertiary/aromatic N) is 1. The Labute approximate surface area is 118 Å². The van der Waals surface area contributed by atoms with Crippen molar-refractivity contribution < 1.29 is 4.79 Å². The van der Waals surface area contributed by atoms with Gasteiger partial charge < -0.3 is 4.90 Å². The summed E-state index contributed by atoms with van der Waals surface area (Å²) < 4.78 is 0. The van der Waals surface area contributed by atoms with E-state index in [4.69, 9.17) is 23.2 Å². The van der Waals surface area contributed by atoms with Crippen LogP contribution in [0.2, 0.25) is 10.0 Å². The molecule has 2 nitrogen and oxygen atoms in total. The van der Waals surface area contributed by atoms with Crippen LogP contribution in [0.25, 0.3) is 0 Å².